The number of methoxy groups -OCH3 is 1. The van der Waals surface area contributed by atoms with Gasteiger partial charge in [0.25, 0.3) is 0 Å². The Labute approximate surface area is 175 Å². The van der Waals surface area contributed by atoms with E-state index < -0.39 is 22.0 Å². The van der Waals surface area contributed by atoms with E-state index in [4.69, 9.17) is 27.9 Å². The van der Waals surface area contributed by atoms with Crippen LogP contribution in [0.3, 0.4) is 0 Å². The summed E-state index contributed by atoms with van der Waals surface area (Å²) < 4.78 is 31.3. The van der Waals surface area contributed by atoms with Gasteiger partial charge in [0.05, 0.1) is 19.1 Å². The molecule has 0 aromatic heterocycles. The van der Waals surface area contributed by atoms with Gasteiger partial charge in [-0.2, -0.15) is 0 Å². The van der Waals surface area contributed by atoms with Crippen molar-refractivity contribution >= 4 is 44.8 Å². The Morgan fingerprint density at radius 1 is 1.21 bits per heavy atom. The minimum absolute atomic E-state index is 0.141. The highest BCUT2D eigenvalue weighted by atomic mass is 35.5. The average molecular weight is 445 g/mol. The zero-order chi connectivity index (χ0) is 21.1. The molecule has 0 aliphatic heterocycles. The van der Waals surface area contributed by atoms with Gasteiger partial charge in [-0.15, -0.1) is 0 Å². The van der Waals surface area contributed by atoms with Crippen molar-refractivity contribution in [2.75, 3.05) is 17.7 Å². The van der Waals surface area contributed by atoms with Crippen molar-refractivity contribution in [3.63, 3.8) is 0 Å². The molecule has 1 N–H and O–H groups in total. The van der Waals surface area contributed by atoms with Gasteiger partial charge in [-0.05, 0) is 49.2 Å². The number of carbonyl (C=O) groups excluding carboxylic acids is 1. The Bertz CT molecular complexity index is 980. The third-order valence-electron chi connectivity index (χ3n) is 4.13. The van der Waals surface area contributed by atoms with E-state index in [0.29, 0.717) is 27.0 Å². The average Bonchev–Trinajstić information content (AvgIpc) is 2.59. The molecule has 6 nitrogen and oxygen atoms in total. The van der Waals surface area contributed by atoms with Gasteiger partial charge < -0.3 is 10.1 Å². The van der Waals surface area contributed by atoms with E-state index in [0.717, 1.165) is 16.1 Å². The van der Waals surface area contributed by atoms with Crippen LogP contribution in [0, 0.1) is 6.92 Å². The summed E-state index contributed by atoms with van der Waals surface area (Å²) in [7, 11) is -2.31. The molecule has 1 amide bonds. The summed E-state index contributed by atoms with van der Waals surface area (Å²) in [5.41, 5.74) is 1.81. The Kier molecular flexibility index (Phi) is 7.20. The van der Waals surface area contributed by atoms with Crippen molar-refractivity contribution < 1.29 is 17.9 Å². The number of sulfonamides is 1. The molecule has 0 fully saturated rings. The molecule has 0 radical (unpaired) electrons. The highest BCUT2D eigenvalue weighted by Crippen LogP contribution is 2.32. The molecule has 0 bridgehead atoms. The second kappa shape index (κ2) is 9.03. The summed E-state index contributed by atoms with van der Waals surface area (Å²) >= 11 is 12.0. The number of nitrogens with one attached hydrogen (secondary N) is 1. The van der Waals surface area contributed by atoms with Crippen molar-refractivity contribution in [2.45, 2.75) is 26.4 Å². The molecule has 0 heterocycles. The molecule has 9 heteroatoms. The number of benzene rings is 2. The van der Waals surface area contributed by atoms with Crippen molar-refractivity contribution in [3.05, 3.63) is 57.6 Å². The predicted octanol–water partition coefficient (Wildman–Crippen LogP) is 3.78. The second-order valence-corrected chi connectivity index (χ2v) is 9.07. The lowest BCUT2D eigenvalue weighted by Gasteiger charge is -2.29. The molecule has 2 aromatic rings. The lowest BCUT2D eigenvalue weighted by molar-refractivity contribution is -0.122. The molecule has 0 aliphatic rings. The Morgan fingerprint density at radius 3 is 2.46 bits per heavy atom. The van der Waals surface area contributed by atoms with Crippen LogP contribution in [0.5, 0.6) is 5.75 Å². The maximum Gasteiger partial charge on any atom is 0.243 e. The maximum absolute atomic E-state index is 12.7. The topological polar surface area (TPSA) is 75.7 Å². The van der Waals surface area contributed by atoms with Crippen molar-refractivity contribution in [1.29, 1.82) is 0 Å². The third kappa shape index (κ3) is 5.31. The summed E-state index contributed by atoms with van der Waals surface area (Å²) in [6.07, 6.45) is 1.05. The summed E-state index contributed by atoms with van der Waals surface area (Å²) in [6, 6.07) is 9.08. The third-order valence-corrected chi connectivity index (χ3v) is 5.94. The van der Waals surface area contributed by atoms with Crippen LogP contribution in [0.1, 0.15) is 18.1 Å². The van der Waals surface area contributed by atoms with E-state index >= 15 is 0 Å². The molecule has 28 heavy (non-hydrogen) atoms. The minimum Gasteiger partial charge on any atom is -0.495 e. The van der Waals surface area contributed by atoms with Crippen molar-refractivity contribution in [3.8, 4) is 5.75 Å². The fourth-order valence-electron chi connectivity index (χ4n) is 2.75. The zero-order valence-electron chi connectivity index (χ0n) is 16.0. The van der Waals surface area contributed by atoms with Gasteiger partial charge in [-0.3, -0.25) is 9.10 Å². The second-order valence-electron chi connectivity index (χ2n) is 6.36. The molecule has 0 spiro atoms. The number of ether oxygens (including phenoxy) is 1. The van der Waals surface area contributed by atoms with E-state index in [-0.39, 0.29) is 6.54 Å². The summed E-state index contributed by atoms with van der Waals surface area (Å²) in [5, 5.41) is 3.63. The standard InChI is InChI=1S/C19H22Cl2N2O4S/c1-12-5-8-18(27-3)17(9-12)23(28(4,25)26)13(2)19(24)22-11-14-6-7-15(20)10-16(14)21/h5-10,13H,11H2,1-4H3,(H,22,24). The van der Waals surface area contributed by atoms with Gasteiger partial charge in [0.2, 0.25) is 15.9 Å². The number of anilines is 1. The Balaban J connectivity index is 2.29. The summed E-state index contributed by atoms with van der Waals surface area (Å²) in [6.45, 7) is 3.49. The number of aryl methyl sites for hydroxylation is 1. The van der Waals surface area contributed by atoms with Crippen LogP contribution in [-0.4, -0.2) is 33.7 Å². The SMILES string of the molecule is COc1ccc(C)cc1N(C(C)C(=O)NCc1ccc(Cl)cc1Cl)S(C)(=O)=O. The highest BCUT2D eigenvalue weighted by Gasteiger charge is 2.31. The monoisotopic (exact) mass is 444 g/mol. The highest BCUT2D eigenvalue weighted by molar-refractivity contribution is 7.92. The number of nitrogens with zero attached hydrogens (tertiary/aromatic N) is 1. The zero-order valence-corrected chi connectivity index (χ0v) is 18.3. The summed E-state index contributed by atoms with van der Waals surface area (Å²) in [4.78, 5) is 12.7. The van der Waals surface area contributed by atoms with Gasteiger partial charge >= 0.3 is 0 Å². The van der Waals surface area contributed by atoms with Crippen LogP contribution in [0.4, 0.5) is 5.69 Å². The smallest absolute Gasteiger partial charge is 0.243 e. The van der Waals surface area contributed by atoms with Crippen molar-refractivity contribution in [1.82, 2.24) is 5.32 Å². The van der Waals surface area contributed by atoms with Crippen LogP contribution >= 0.6 is 23.2 Å². The van der Waals surface area contributed by atoms with Crippen molar-refractivity contribution in [2.24, 2.45) is 0 Å². The van der Waals surface area contributed by atoms with Gasteiger partial charge in [-0.25, -0.2) is 8.42 Å². The van der Waals surface area contributed by atoms with Crippen LogP contribution in [-0.2, 0) is 21.4 Å². The molecule has 2 rings (SSSR count). The first-order valence-electron chi connectivity index (χ1n) is 8.40. The number of amides is 1. The van der Waals surface area contributed by atoms with Gasteiger partial charge in [0.15, 0.2) is 0 Å². The van der Waals surface area contributed by atoms with Crippen LogP contribution in [0.15, 0.2) is 36.4 Å². The molecule has 1 atom stereocenters. The first-order chi connectivity index (χ1) is 13.0. The largest absolute Gasteiger partial charge is 0.495 e. The first kappa shape index (κ1) is 22.3. The minimum atomic E-state index is -3.76. The number of halogens is 2. The predicted molar refractivity (Wildman–Crippen MR) is 113 cm³/mol. The molecular weight excluding hydrogens is 423 g/mol. The number of carbonyl (C=O) groups is 1. The molecule has 0 saturated carbocycles. The lowest BCUT2D eigenvalue weighted by Crippen LogP contribution is -2.47. The van der Waals surface area contributed by atoms with Gasteiger partial charge in [-0.1, -0.05) is 35.3 Å². The number of hydrogen-bond acceptors (Lipinski definition) is 4. The fraction of sp³-hybridized carbons (Fsp3) is 0.316. The van der Waals surface area contributed by atoms with E-state index in [9.17, 15) is 13.2 Å². The van der Waals surface area contributed by atoms with Gasteiger partial charge in [0.1, 0.15) is 11.8 Å². The quantitative estimate of drug-likeness (QED) is 0.704. The lowest BCUT2D eigenvalue weighted by atomic mass is 10.1. The molecule has 0 aliphatic carbocycles. The normalized spacial score (nSPS) is 12.4. The van der Waals surface area contributed by atoms with Crippen LogP contribution in [0.2, 0.25) is 10.0 Å². The molecule has 0 saturated heterocycles. The Hall–Kier alpha value is -1.96. The fourth-order valence-corrected chi connectivity index (χ4v) is 4.39. The van der Waals surface area contributed by atoms with Crippen LogP contribution in [0.25, 0.3) is 0 Å². The maximum atomic E-state index is 12.7. The van der Waals surface area contributed by atoms with Gasteiger partial charge in [0, 0.05) is 16.6 Å². The summed E-state index contributed by atoms with van der Waals surface area (Å²) in [5.74, 6) is -0.114. The van der Waals surface area contributed by atoms with E-state index in [1.165, 1.54) is 14.0 Å². The van der Waals surface area contributed by atoms with E-state index in [1.807, 2.05) is 6.92 Å². The van der Waals surface area contributed by atoms with E-state index in [2.05, 4.69) is 5.32 Å². The molecular formula is C19H22Cl2N2O4S. The Morgan fingerprint density at radius 2 is 1.89 bits per heavy atom. The first-order valence-corrected chi connectivity index (χ1v) is 11.0. The van der Waals surface area contributed by atoms with E-state index in [1.54, 1.807) is 36.4 Å². The van der Waals surface area contributed by atoms with Crippen LogP contribution < -0.4 is 14.4 Å². The molecule has 152 valence electrons. The molecule has 2 aromatic carbocycles. The number of rotatable bonds is 7. The molecule has 1 unspecified atom stereocenters. The number of hydrogen-bond donors (Lipinski definition) is 1.